The molecule has 0 bridgehead atoms. The molecule has 0 aliphatic carbocycles. The molecular weight excluding hydrogens is 561 g/mol. The highest BCUT2D eigenvalue weighted by atomic mass is 127. The van der Waals surface area contributed by atoms with E-state index in [1.54, 1.807) is 31.4 Å². The molecule has 2 aromatic rings. The van der Waals surface area contributed by atoms with E-state index in [-0.39, 0.29) is 29.0 Å². The Morgan fingerprint density at radius 1 is 1.25 bits per heavy atom. The lowest BCUT2D eigenvalue weighted by Crippen LogP contribution is -2.32. The first-order valence-electron chi connectivity index (χ1n) is 8.10. The fourth-order valence-corrected chi connectivity index (χ4v) is 4.92. The second kappa shape index (κ2) is 9.19. The number of halogens is 2. The quantitative estimate of drug-likeness (QED) is 0.391. The number of ether oxygens (including phenoxy) is 2. The number of phenolic OH excluding ortho intramolecular Hbond substituents is 1. The number of rotatable bonds is 6. The fraction of sp³-hybridized carbons (Fsp3) is 0.158. The Bertz CT molecular complexity index is 965. The van der Waals surface area contributed by atoms with E-state index in [9.17, 15) is 14.7 Å². The minimum absolute atomic E-state index is 0.0649. The molecular formula is C19H15BrINO5S. The number of phenols is 1. The summed E-state index contributed by atoms with van der Waals surface area (Å²) >= 11 is 6.20. The van der Waals surface area contributed by atoms with Crippen molar-refractivity contribution in [1.82, 2.24) is 4.90 Å². The number of aromatic hydroxyl groups is 1. The highest BCUT2D eigenvalue weighted by molar-refractivity contribution is 14.1. The lowest BCUT2D eigenvalue weighted by atomic mass is 10.2. The van der Waals surface area contributed by atoms with Gasteiger partial charge in [0.25, 0.3) is 11.1 Å². The third-order valence-corrected chi connectivity index (χ3v) is 6.05. The van der Waals surface area contributed by atoms with Crippen molar-refractivity contribution in [2.24, 2.45) is 0 Å². The number of carbonyl (C=O) groups excluding carboxylic acids is 2. The lowest BCUT2D eigenvalue weighted by molar-refractivity contribution is -0.123. The number of hydrogen-bond donors (Lipinski definition) is 1. The normalized spacial score (nSPS) is 15.4. The molecule has 1 aliphatic rings. The summed E-state index contributed by atoms with van der Waals surface area (Å²) in [7, 11) is 1.54. The molecule has 0 atom stereocenters. The standard InChI is InChI=1S/C19H15BrINO5S/c1-26-14-4-2-3-5-15(14)27-7-6-22-18(24)16(28-19(22)25)9-11-8-12(20)10-13(21)17(11)23/h2-5,8-10,23H,6-7H2,1H3/b16-9-. The number of nitrogens with zero attached hydrogens (tertiary/aromatic N) is 1. The summed E-state index contributed by atoms with van der Waals surface area (Å²) in [6, 6.07) is 10.6. The number of hydrogen-bond acceptors (Lipinski definition) is 6. The summed E-state index contributed by atoms with van der Waals surface area (Å²) in [5.74, 6) is 0.778. The molecule has 0 unspecified atom stereocenters. The smallest absolute Gasteiger partial charge is 0.293 e. The molecule has 0 radical (unpaired) electrons. The monoisotopic (exact) mass is 575 g/mol. The van der Waals surface area contributed by atoms with Gasteiger partial charge in [0.1, 0.15) is 12.4 Å². The van der Waals surface area contributed by atoms with Gasteiger partial charge in [-0.15, -0.1) is 0 Å². The third kappa shape index (κ3) is 4.64. The van der Waals surface area contributed by atoms with Crippen molar-refractivity contribution in [3.63, 3.8) is 0 Å². The number of methoxy groups -OCH3 is 1. The predicted octanol–water partition coefficient (Wildman–Crippen LogP) is 4.88. The van der Waals surface area contributed by atoms with Crippen LogP contribution in [-0.4, -0.2) is 41.4 Å². The number of para-hydroxylation sites is 2. The Balaban J connectivity index is 1.70. The van der Waals surface area contributed by atoms with Crippen LogP contribution in [0, 0.1) is 3.57 Å². The number of benzene rings is 2. The highest BCUT2D eigenvalue weighted by Gasteiger charge is 2.35. The minimum atomic E-state index is -0.409. The second-order valence-corrected chi connectivity index (χ2v) is 8.73. The average molecular weight is 576 g/mol. The molecule has 1 aliphatic heterocycles. The van der Waals surface area contributed by atoms with Crippen LogP contribution < -0.4 is 9.47 Å². The molecule has 0 spiro atoms. The van der Waals surface area contributed by atoms with Crippen LogP contribution in [0.2, 0.25) is 0 Å². The molecule has 3 rings (SSSR count). The van der Waals surface area contributed by atoms with Gasteiger partial charge in [0.2, 0.25) is 0 Å². The van der Waals surface area contributed by atoms with Gasteiger partial charge in [0, 0.05) is 10.0 Å². The molecule has 1 N–H and O–H groups in total. The molecule has 0 saturated carbocycles. The van der Waals surface area contributed by atoms with E-state index >= 15 is 0 Å². The maximum atomic E-state index is 12.6. The summed E-state index contributed by atoms with van der Waals surface area (Å²) < 4.78 is 12.3. The van der Waals surface area contributed by atoms with E-state index in [1.165, 1.54) is 6.08 Å². The van der Waals surface area contributed by atoms with E-state index in [1.807, 2.05) is 34.7 Å². The van der Waals surface area contributed by atoms with Gasteiger partial charge in [0.05, 0.1) is 22.1 Å². The molecule has 1 heterocycles. The number of amides is 2. The van der Waals surface area contributed by atoms with Crippen molar-refractivity contribution in [3.05, 3.63) is 54.9 Å². The van der Waals surface area contributed by atoms with Crippen molar-refractivity contribution >= 4 is 67.5 Å². The van der Waals surface area contributed by atoms with Gasteiger partial charge in [-0.25, -0.2) is 0 Å². The molecule has 0 aromatic heterocycles. The molecule has 2 amide bonds. The van der Waals surface area contributed by atoms with E-state index in [4.69, 9.17) is 9.47 Å². The maximum Gasteiger partial charge on any atom is 0.293 e. The Morgan fingerprint density at radius 3 is 2.68 bits per heavy atom. The Labute approximate surface area is 188 Å². The highest BCUT2D eigenvalue weighted by Crippen LogP contribution is 2.36. The van der Waals surface area contributed by atoms with Gasteiger partial charge in [0.15, 0.2) is 11.5 Å². The molecule has 28 heavy (non-hydrogen) atoms. The van der Waals surface area contributed by atoms with Crippen molar-refractivity contribution in [2.45, 2.75) is 0 Å². The molecule has 9 heteroatoms. The first-order chi connectivity index (χ1) is 13.4. The predicted molar refractivity (Wildman–Crippen MR) is 120 cm³/mol. The van der Waals surface area contributed by atoms with Crippen molar-refractivity contribution < 1.29 is 24.2 Å². The zero-order valence-electron chi connectivity index (χ0n) is 14.6. The molecule has 1 fully saturated rings. The maximum absolute atomic E-state index is 12.6. The Hall–Kier alpha value is -1.72. The van der Waals surface area contributed by atoms with E-state index in [0.717, 1.165) is 21.1 Å². The Kier molecular flexibility index (Phi) is 6.89. The van der Waals surface area contributed by atoms with Gasteiger partial charge in [-0.05, 0) is 64.7 Å². The average Bonchev–Trinajstić information content (AvgIpc) is 2.93. The Morgan fingerprint density at radius 2 is 1.96 bits per heavy atom. The lowest BCUT2D eigenvalue weighted by Gasteiger charge is -2.14. The zero-order valence-corrected chi connectivity index (χ0v) is 19.2. The third-order valence-electron chi connectivity index (χ3n) is 3.86. The fourth-order valence-electron chi connectivity index (χ4n) is 2.51. The summed E-state index contributed by atoms with van der Waals surface area (Å²) in [4.78, 5) is 26.2. The zero-order chi connectivity index (χ0) is 20.3. The van der Waals surface area contributed by atoms with Gasteiger partial charge in [-0.1, -0.05) is 28.1 Å². The van der Waals surface area contributed by atoms with Crippen LogP contribution in [0.25, 0.3) is 6.08 Å². The summed E-state index contributed by atoms with van der Waals surface area (Å²) in [5, 5.41) is 9.82. The van der Waals surface area contributed by atoms with E-state index in [0.29, 0.717) is 20.6 Å². The van der Waals surface area contributed by atoms with Crippen molar-refractivity contribution in [3.8, 4) is 17.2 Å². The van der Waals surface area contributed by atoms with Crippen molar-refractivity contribution in [2.75, 3.05) is 20.3 Å². The van der Waals surface area contributed by atoms with Crippen LogP contribution in [0.1, 0.15) is 5.56 Å². The van der Waals surface area contributed by atoms with Crippen LogP contribution >= 0.6 is 50.3 Å². The number of imide groups is 1. The SMILES string of the molecule is COc1ccccc1OCCN1C(=O)S/C(=C\c2cc(Br)cc(I)c2O)C1=O. The largest absolute Gasteiger partial charge is 0.506 e. The number of thioether (sulfide) groups is 1. The van der Waals surface area contributed by atoms with Crippen LogP contribution in [0.4, 0.5) is 4.79 Å². The van der Waals surface area contributed by atoms with Gasteiger partial charge < -0.3 is 14.6 Å². The van der Waals surface area contributed by atoms with Gasteiger partial charge in [-0.3, -0.25) is 14.5 Å². The van der Waals surface area contributed by atoms with E-state index < -0.39 is 5.91 Å². The molecule has 1 saturated heterocycles. The van der Waals surface area contributed by atoms with E-state index in [2.05, 4.69) is 15.9 Å². The van der Waals surface area contributed by atoms with Crippen LogP contribution in [0.5, 0.6) is 17.2 Å². The topological polar surface area (TPSA) is 76.1 Å². The molecule has 6 nitrogen and oxygen atoms in total. The first-order valence-corrected chi connectivity index (χ1v) is 10.8. The second-order valence-electron chi connectivity index (χ2n) is 5.66. The number of carbonyl (C=O) groups is 2. The first kappa shape index (κ1) is 21.0. The van der Waals surface area contributed by atoms with Crippen LogP contribution in [0.3, 0.4) is 0 Å². The summed E-state index contributed by atoms with van der Waals surface area (Å²) in [5.41, 5.74) is 0.467. The minimum Gasteiger partial charge on any atom is -0.506 e. The molecule has 2 aromatic carbocycles. The van der Waals surface area contributed by atoms with Crippen molar-refractivity contribution in [1.29, 1.82) is 0 Å². The van der Waals surface area contributed by atoms with Crippen LogP contribution in [0.15, 0.2) is 45.8 Å². The van der Waals surface area contributed by atoms with Gasteiger partial charge in [-0.2, -0.15) is 0 Å². The summed E-state index contributed by atoms with van der Waals surface area (Å²) in [6.45, 7) is 0.258. The van der Waals surface area contributed by atoms with Crippen LogP contribution in [-0.2, 0) is 4.79 Å². The molecule has 146 valence electrons. The summed E-state index contributed by atoms with van der Waals surface area (Å²) in [6.07, 6.45) is 1.52. The van der Waals surface area contributed by atoms with Gasteiger partial charge >= 0.3 is 0 Å².